The zero-order chi connectivity index (χ0) is 14.4. The molecule has 2 rings (SSSR count). The van der Waals surface area contributed by atoms with Crippen molar-refractivity contribution < 1.29 is 4.74 Å². The van der Waals surface area contributed by atoms with Gasteiger partial charge in [0.05, 0.1) is 0 Å². The zero-order valence-electron chi connectivity index (χ0n) is 12.4. The maximum Gasteiger partial charge on any atom is 0.233 e. The number of aromatic nitrogens is 2. The number of nitrogens with zero attached hydrogens (tertiary/aromatic N) is 1. The minimum absolute atomic E-state index is 0.542. The molecule has 2 aromatic rings. The third-order valence-electron chi connectivity index (χ3n) is 3.06. The number of aryl methyl sites for hydroxylation is 1. The van der Waals surface area contributed by atoms with Crippen LogP contribution in [0.4, 0.5) is 0 Å². The van der Waals surface area contributed by atoms with E-state index < -0.39 is 0 Å². The van der Waals surface area contributed by atoms with Gasteiger partial charge in [-0.15, -0.1) is 5.10 Å². The van der Waals surface area contributed by atoms with Crippen LogP contribution >= 0.6 is 0 Å². The van der Waals surface area contributed by atoms with E-state index in [0.717, 1.165) is 24.2 Å². The quantitative estimate of drug-likeness (QED) is 0.815. The van der Waals surface area contributed by atoms with Crippen LogP contribution in [0.25, 0.3) is 0 Å². The normalized spacial score (nSPS) is 11.0. The highest BCUT2D eigenvalue weighted by molar-refractivity contribution is 5.23. The number of hydrogen-bond acceptors (Lipinski definition) is 3. The fraction of sp³-hybridized carbons (Fsp3) is 0.438. The van der Waals surface area contributed by atoms with Crippen LogP contribution in [0.1, 0.15) is 30.7 Å². The Labute approximate surface area is 120 Å². The topological polar surface area (TPSA) is 49.9 Å². The Morgan fingerprint density at radius 3 is 2.50 bits per heavy atom. The molecule has 0 unspecified atom stereocenters. The third-order valence-corrected chi connectivity index (χ3v) is 3.06. The predicted octanol–water partition coefficient (Wildman–Crippen LogP) is 2.84. The Bertz CT molecular complexity index is 517. The number of aromatic amines is 1. The first-order chi connectivity index (χ1) is 9.63. The molecule has 0 radical (unpaired) electrons. The van der Waals surface area contributed by atoms with E-state index in [2.05, 4.69) is 53.6 Å². The number of nitrogens with one attached hydrogen (secondary N) is 2. The van der Waals surface area contributed by atoms with E-state index in [0.29, 0.717) is 18.5 Å². The SMILES string of the molecule is Cc1cc(OCc2ccc(CCNC(C)C)cc2)n[nH]1. The molecule has 1 heterocycles. The van der Waals surface area contributed by atoms with Crippen LogP contribution in [0.5, 0.6) is 5.88 Å². The Hall–Kier alpha value is -1.81. The Balaban J connectivity index is 1.79. The molecule has 0 saturated carbocycles. The lowest BCUT2D eigenvalue weighted by Gasteiger charge is -2.08. The summed E-state index contributed by atoms with van der Waals surface area (Å²) in [7, 11) is 0. The van der Waals surface area contributed by atoms with Crippen LogP contribution in [0.3, 0.4) is 0 Å². The molecule has 0 fully saturated rings. The van der Waals surface area contributed by atoms with E-state index >= 15 is 0 Å². The molecule has 0 spiro atoms. The molecule has 0 amide bonds. The summed E-state index contributed by atoms with van der Waals surface area (Å²) in [6.45, 7) is 7.85. The number of benzene rings is 1. The number of rotatable bonds is 7. The Morgan fingerprint density at radius 2 is 1.90 bits per heavy atom. The zero-order valence-corrected chi connectivity index (χ0v) is 12.4. The van der Waals surface area contributed by atoms with Gasteiger partial charge in [0, 0.05) is 17.8 Å². The van der Waals surface area contributed by atoms with Crippen LogP contribution < -0.4 is 10.1 Å². The highest BCUT2D eigenvalue weighted by Crippen LogP contribution is 2.11. The molecule has 108 valence electrons. The molecular formula is C16H23N3O. The first-order valence-electron chi connectivity index (χ1n) is 7.09. The van der Waals surface area contributed by atoms with Crippen molar-refractivity contribution in [2.75, 3.05) is 6.54 Å². The number of ether oxygens (including phenoxy) is 1. The van der Waals surface area contributed by atoms with Crippen molar-refractivity contribution in [3.63, 3.8) is 0 Å². The van der Waals surface area contributed by atoms with E-state index in [9.17, 15) is 0 Å². The molecule has 2 N–H and O–H groups in total. The third kappa shape index (κ3) is 4.70. The Morgan fingerprint density at radius 1 is 1.20 bits per heavy atom. The van der Waals surface area contributed by atoms with E-state index in [-0.39, 0.29) is 0 Å². The number of hydrogen-bond donors (Lipinski definition) is 2. The molecule has 0 bridgehead atoms. The second-order valence-electron chi connectivity index (χ2n) is 5.35. The minimum Gasteiger partial charge on any atom is -0.472 e. The van der Waals surface area contributed by atoms with Crippen LogP contribution in [0.15, 0.2) is 30.3 Å². The largest absolute Gasteiger partial charge is 0.472 e. The lowest BCUT2D eigenvalue weighted by Crippen LogP contribution is -2.24. The van der Waals surface area contributed by atoms with Crippen molar-refractivity contribution in [2.45, 2.75) is 39.8 Å². The molecule has 0 aliphatic heterocycles. The fourth-order valence-electron chi connectivity index (χ4n) is 1.93. The summed E-state index contributed by atoms with van der Waals surface area (Å²) in [5, 5.41) is 10.3. The first-order valence-corrected chi connectivity index (χ1v) is 7.09. The highest BCUT2D eigenvalue weighted by atomic mass is 16.5. The van der Waals surface area contributed by atoms with Crippen molar-refractivity contribution in [3.8, 4) is 5.88 Å². The highest BCUT2D eigenvalue weighted by Gasteiger charge is 2.00. The fourth-order valence-corrected chi connectivity index (χ4v) is 1.93. The van der Waals surface area contributed by atoms with Crippen molar-refractivity contribution >= 4 is 0 Å². The summed E-state index contributed by atoms with van der Waals surface area (Å²) in [6.07, 6.45) is 1.05. The van der Waals surface area contributed by atoms with Gasteiger partial charge < -0.3 is 10.1 Å². The second-order valence-corrected chi connectivity index (χ2v) is 5.35. The van der Waals surface area contributed by atoms with Gasteiger partial charge in [0.2, 0.25) is 5.88 Å². The maximum absolute atomic E-state index is 5.61. The predicted molar refractivity (Wildman–Crippen MR) is 80.9 cm³/mol. The van der Waals surface area contributed by atoms with Gasteiger partial charge in [-0.1, -0.05) is 38.1 Å². The monoisotopic (exact) mass is 273 g/mol. The minimum atomic E-state index is 0.542. The standard InChI is InChI=1S/C16H23N3O/c1-12(2)17-9-8-14-4-6-15(7-5-14)11-20-16-10-13(3)18-19-16/h4-7,10,12,17H,8-9,11H2,1-3H3,(H,18,19). The molecule has 0 saturated heterocycles. The number of H-pyrrole nitrogens is 1. The Kier molecular flexibility index (Phi) is 5.18. The van der Waals surface area contributed by atoms with Gasteiger partial charge >= 0.3 is 0 Å². The summed E-state index contributed by atoms with van der Waals surface area (Å²) in [5.74, 6) is 0.646. The molecule has 4 nitrogen and oxygen atoms in total. The van der Waals surface area contributed by atoms with Crippen molar-refractivity contribution in [1.29, 1.82) is 0 Å². The lowest BCUT2D eigenvalue weighted by molar-refractivity contribution is 0.293. The van der Waals surface area contributed by atoms with Crippen molar-refractivity contribution in [3.05, 3.63) is 47.2 Å². The van der Waals surface area contributed by atoms with E-state index in [1.54, 1.807) is 0 Å². The smallest absolute Gasteiger partial charge is 0.233 e. The summed E-state index contributed by atoms with van der Waals surface area (Å²) >= 11 is 0. The van der Waals surface area contributed by atoms with Crippen LogP contribution in [-0.2, 0) is 13.0 Å². The first kappa shape index (κ1) is 14.6. The summed E-state index contributed by atoms with van der Waals surface area (Å²) in [6, 6.07) is 11.0. The summed E-state index contributed by atoms with van der Waals surface area (Å²) < 4.78 is 5.61. The molecule has 0 aliphatic rings. The van der Waals surface area contributed by atoms with Gasteiger partial charge in [0.15, 0.2) is 0 Å². The van der Waals surface area contributed by atoms with Gasteiger partial charge in [0.25, 0.3) is 0 Å². The van der Waals surface area contributed by atoms with Crippen LogP contribution in [-0.4, -0.2) is 22.8 Å². The van der Waals surface area contributed by atoms with Gasteiger partial charge in [-0.05, 0) is 31.0 Å². The molecule has 20 heavy (non-hydrogen) atoms. The molecule has 4 heteroatoms. The van der Waals surface area contributed by atoms with Gasteiger partial charge in [-0.3, -0.25) is 5.10 Å². The van der Waals surface area contributed by atoms with Crippen molar-refractivity contribution in [1.82, 2.24) is 15.5 Å². The van der Waals surface area contributed by atoms with E-state index in [1.165, 1.54) is 5.56 Å². The van der Waals surface area contributed by atoms with E-state index in [4.69, 9.17) is 4.74 Å². The average Bonchev–Trinajstić information content (AvgIpc) is 2.83. The molecule has 1 aromatic carbocycles. The molecular weight excluding hydrogens is 250 g/mol. The average molecular weight is 273 g/mol. The lowest BCUT2D eigenvalue weighted by atomic mass is 10.1. The van der Waals surface area contributed by atoms with Gasteiger partial charge in [0.1, 0.15) is 6.61 Å². The second kappa shape index (κ2) is 7.10. The molecule has 0 aliphatic carbocycles. The summed E-state index contributed by atoms with van der Waals surface area (Å²) in [4.78, 5) is 0. The molecule has 1 aromatic heterocycles. The van der Waals surface area contributed by atoms with Crippen molar-refractivity contribution in [2.24, 2.45) is 0 Å². The summed E-state index contributed by atoms with van der Waals surface area (Å²) in [5.41, 5.74) is 3.51. The van der Waals surface area contributed by atoms with Crippen LogP contribution in [0.2, 0.25) is 0 Å². The van der Waals surface area contributed by atoms with E-state index in [1.807, 2.05) is 13.0 Å². The molecule has 0 atom stereocenters. The van der Waals surface area contributed by atoms with Crippen LogP contribution in [0, 0.1) is 6.92 Å². The van der Waals surface area contributed by atoms with Gasteiger partial charge in [-0.2, -0.15) is 0 Å². The van der Waals surface area contributed by atoms with Gasteiger partial charge in [-0.25, -0.2) is 0 Å². The maximum atomic E-state index is 5.61.